The number of hydrogen-bond acceptors (Lipinski definition) is 4. The molecule has 0 amide bonds. The zero-order chi connectivity index (χ0) is 14.0. The molecule has 1 saturated carbocycles. The number of carbonyl (C=O) groups is 1. The summed E-state index contributed by atoms with van der Waals surface area (Å²) < 4.78 is 5.45. The van der Waals surface area contributed by atoms with E-state index in [2.05, 4.69) is 9.80 Å². The molecule has 0 aromatic carbocycles. The summed E-state index contributed by atoms with van der Waals surface area (Å²) in [6.45, 7) is 7.18. The minimum Gasteiger partial charge on any atom is -0.481 e. The van der Waals surface area contributed by atoms with Gasteiger partial charge in [-0.3, -0.25) is 9.69 Å². The van der Waals surface area contributed by atoms with Gasteiger partial charge < -0.3 is 14.7 Å². The molecule has 3 fully saturated rings. The Morgan fingerprint density at radius 1 is 1.20 bits per heavy atom. The Morgan fingerprint density at radius 3 is 2.45 bits per heavy atom. The van der Waals surface area contributed by atoms with E-state index in [1.54, 1.807) is 0 Å². The van der Waals surface area contributed by atoms with Crippen LogP contribution in [-0.4, -0.2) is 73.4 Å². The average Bonchev–Trinajstić information content (AvgIpc) is 3.26. The highest BCUT2D eigenvalue weighted by Crippen LogP contribution is 2.32. The molecule has 0 aromatic rings. The Bertz CT molecular complexity index is 343. The van der Waals surface area contributed by atoms with E-state index in [1.165, 1.54) is 19.4 Å². The highest BCUT2D eigenvalue weighted by Gasteiger charge is 2.42. The predicted octanol–water partition coefficient (Wildman–Crippen LogP) is 0.895. The van der Waals surface area contributed by atoms with Crippen molar-refractivity contribution >= 4 is 5.97 Å². The number of ether oxygens (including phenoxy) is 1. The maximum Gasteiger partial charge on any atom is 0.313 e. The number of aliphatic carboxylic acids is 1. The van der Waals surface area contributed by atoms with E-state index in [-0.39, 0.29) is 0 Å². The molecule has 5 heteroatoms. The Hall–Kier alpha value is -0.650. The molecule has 20 heavy (non-hydrogen) atoms. The minimum atomic E-state index is -0.683. The Labute approximate surface area is 120 Å². The topological polar surface area (TPSA) is 53.0 Å². The summed E-state index contributed by atoms with van der Waals surface area (Å²) in [6, 6.07) is 0. The summed E-state index contributed by atoms with van der Waals surface area (Å²) in [5.74, 6) is 0.260. The van der Waals surface area contributed by atoms with Crippen LogP contribution < -0.4 is 0 Å². The smallest absolute Gasteiger partial charge is 0.313 e. The Balaban J connectivity index is 1.50. The predicted molar refractivity (Wildman–Crippen MR) is 75.7 cm³/mol. The largest absolute Gasteiger partial charge is 0.481 e. The lowest BCUT2D eigenvalue weighted by molar-refractivity contribution is -0.159. The van der Waals surface area contributed by atoms with Crippen molar-refractivity contribution < 1.29 is 14.6 Å². The molecule has 1 aliphatic carbocycles. The summed E-state index contributed by atoms with van der Waals surface area (Å²) in [6.07, 6.45) is 4.43. The van der Waals surface area contributed by atoms with Crippen LogP contribution in [0.4, 0.5) is 0 Å². The van der Waals surface area contributed by atoms with E-state index in [0.29, 0.717) is 19.8 Å². The summed E-state index contributed by atoms with van der Waals surface area (Å²) in [5.41, 5.74) is -0.670. The first-order valence-electron chi connectivity index (χ1n) is 7.94. The molecule has 1 atom stereocenters. The van der Waals surface area contributed by atoms with Crippen LogP contribution >= 0.6 is 0 Å². The van der Waals surface area contributed by atoms with Crippen molar-refractivity contribution in [3.05, 3.63) is 0 Å². The Kier molecular flexibility index (Phi) is 4.29. The van der Waals surface area contributed by atoms with Crippen LogP contribution in [-0.2, 0) is 9.53 Å². The van der Waals surface area contributed by atoms with Crippen LogP contribution in [0.2, 0.25) is 0 Å². The Morgan fingerprint density at radius 2 is 1.90 bits per heavy atom. The van der Waals surface area contributed by atoms with Gasteiger partial charge >= 0.3 is 5.97 Å². The molecule has 2 heterocycles. The lowest BCUT2D eigenvalue weighted by atomic mass is 9.82. The van der Waals surface area contributed by atoms with Gasteiger partial charge in [-0.25, -0.2) is 0 Å². The summed E-state index contributed by atoms with van der Waals surface area (Å²) in [7, 11) is 0. The highest BCUT2D eigenvalue weighted by molar-refractivity contribution is 5.75. The molecule has 2 saturated heterocycles. The molecule has 2 aliphatic heterocycles. The molecule has 0 radical (unpaired) electrons. The second kappa shape index (κ2) is 6.00. The molecule has 5 nitrogen and oxygen atoms in total. The quantitative estimate of drug-likeness (QED) is 0.812. The van der Waals surface area contributed by atoms with E-state index < -0.39 is 11.4 Å². The number of carboxylic acids is 1. The second-order valence-corrected chi connectivity index (χ2v) is 6.76. The monoisotopic (exact) mass is 282 g/mol. The van der Waals surface area contributed by atoms with E-state index in [0.717, 1.165) is 44.9 Å². The van der Waals surface area contributed by atoms with Crippen LogP contribution in [0.1, 0.15) is 25.7 Å². The molecule has 1 unspecified atom stereocenters. The summed E-state index contributed by atoms with van der Waals surface area (Å²) in [4.78, 5) is 16.5. The van der Waals surface area contributed by atoms with Crippen molar-refractivity contribution in [3.63, 3.8) is 0 Å². The van der Waals surface area contributed by atoms with Gasteiger partial charge in [0.1, 0.15) is 5.41 Å². The number of piperazine rings is 1. The molecule has 0 bridgehead atoms. The maximum absolute atomic E-state index is 11.7. The van der Waals surface area contributed by atoms with Crippen LogP contribution in [0.25, 0.3) is 0 Å². The van der Waals surface area contributed by atoms with Crippen LogP contribution in [0, 0.1) is 11.3 Å². The number of hydrogen-bond donors (Lipinski definition) is 1. The van der Waals surface area contributed by atoms with Gasteiger partial charge in [0.25, 0.3) is 0 Å². The molecule has 0 spiro atoms. The first-order valence-corrected chi connectivity index (χ1v) is 7.94. The van der Waals surface area contributed by atoms with E-state index >= 15 is 0 Å². The third-order valence-electron chi connectivity index (χ3n) is 4.98. The van der Waals surface area contributed by atoms with Crippen molar-refractivity contribution in [2.75, 3.05) is 52.5 Å². The molecular weight excluding hydrogens is 256 g/mol. The zero-order valence-corrected chi connectivity index (χ0v) is 12.2. The standard InChI is InChI=1S/C15H26N2O3/c18-14(19)15(4-1-9-20-12-15)11-17-7-5-16(6-8-17)10-13-2-3-13/h13H,1-12H2,(H,18,19). The SMILES string of the molecule is O=C(O)C1(CN2CCN(CC3CC3)CC2)CCCOC1. The van der Waals surface area contributed by atoms with Gasteiger partial charge in [-0.05, 0) is 31.6 Å². The lowest BCUT2D eigenvalue weighted by Gasteiger charge is -2.41. The molecule has 3 rings (SSSR count). The zero-order valence-electron chi connectivity index (χ0n) is 12.2. The fourth-order valence-electron chi connectivity index (χ4n) is 3.44. The second-order valence-electron chi connectivity index (χ2n) is 6.76. The van der Waals surface area contributed by atoms with Crippen molar-refractivity contribution in [2.45, 2.75) is 25.7 Å². The average molecular weight is 282 g/mol. The maximum atomic E-state index is 11.7. The highest BCUT2D eigenvalue weighted by atomic mass is 16.5. The van der Waals surface area contributed by atoms with Crippen molar-refractivity contribution in [1.29, 1.82) is 0 Å². The first kappa shape index (κ1) is 14.3. The first-order chi connectivity index (χ1) is 9.68. The number of nitrogens with zero attached hydrogens (tertiary/aromatic N) is 2. The van der Waals surface area contributed by atoms with Crippen molar-refractivity contribution in [1.82, 2.24) is 9.80 Å². The van der Waals surface area contributed by atoms with Gasteiger partial charge in [-0.1, -0.05) is 0 Å². The third kappa shape index (κ3) is 3.32. The number of rotatable bonds is 5. The van der Waals surface area contributed by atoms with E-state index in [9.17, 15) is 9.90 Å². The van der Waals surface area contributed by atoms with Crippen LogP contribution in [0.3, 0.4) is 0 Å². The summed E-state index contributed by atoms with van der Waals surface area (Å²) >= 11 is 0. The summed E-state index contributed by atoms with van der Waals surface area (Å²) in [5, 5.41) is 9.58. The van der Waals surface area contributed by atoms with E-state index in [4.69, 9.17) is 4.74 Å². The van der Waals surface area contributed by atoms with Crippen LogP contribution in [0.15, 0.2) is 0 Å². The molecule has 0 aromatic heterocycles. The van der Waals surface area contributed by atoms with Gasteiger partial charge in [0.05, 0.1) is 6.61 Å². The van der Waals surface area contributed by atoms with Gasteiger partial charge in [0.2, 0.25) is 0 Å². The van der Waals surface area contributed by atoms with Crippen molar-refractivity contribution in [2.24, 2.45) is 11.3 Å². The minimum absolute atomic E-state index is 0.380. The molecule has 114 valence electrons. The fourth-order valence-corrected chi connectivity index (χ4v) is 3.44. The van der Waals surface area contributed by atoms with Crippen LogP contribution in [0.5, 0.6) is 0 Å². The third-order valence-corrected chi connectivity index (χ3v) is 4.98. The molecule has 3 aliphatic rings. The normalized spacial score (nSPS) is 33.2. The van der Waals surface area contributed by atoms with Gasteiger partial charge in [0.15, 0.2) is 0 Å². The fraction of sp³-hybridized carbons (Fsp3) is 0.933. The van der Waals surface area contributed by atoms with Gasteiger partial charge in [-0.2, -0.15) is 0 Å². The van der Waals surface area contributed by atoms with Crippen molar-refractivity contribution in [3.8, 4) is 0 Å². The van der Waals surface area contributed by atoms with Gasteiger partial charge in [-0.15, -0.1) is 0 Å². The molecule has 1 N–H and O–H groups in total. The van der Waals surface area contributed by atoms with E-state index in [1.807, 2.05) is 0 Å². The lowest BCUT2D eigenvalue weighted by Crippen LogP contribution is -2.54. The van der Waals surface area contributed by atoms with Gasteiger partial charge in [0, 0.05) is 45.9 Å². The molecular formula is C15H26N2O3. The number of carboxylic acid groups (broad SMARTS) is 1.